The molecule has 2 aromatic rings. The maximum absolute atomic E-state index is 5.75. The second kappa shape index (κ2) is 2.87. The van der Waals surface area contributed by atoms with Crippen LogP contribution in [0.15, 0.2) is 10.6 Å². The molecule has 0 bridgehead atoms. The van der Waals surface area contributed by atoms with Crippen LogP contribution in [0.3, 0.4) is 0 Å². The highest BCUT2D eigenvalue weighted by molar-refractivity contribution is 5.65. The van der Waals surface area contributed by atoms with E-state index in [4.69, 9.17) is 10.2 Å². The van der Waals surface area contributed by atoms with Crippen LogP contribution in [0.25, 0.3) is 11.6 Å². The molecule has 0 spiro atoms. The summed E-state index contributed by atoms with van der Waals surface area (Å²) < 4.78 is 7.12. The van der Waals surface area contributed by atoms with Crippen molar-refractivity contribution in [2.24, 2.45) is 7.05 Å². The molecule has 5 nitrogen and oxygen atoms in total. The SMILES string of the molecule is Cc1nc(-c2c(N)cnn2C)oc1C. The van der Waals surface area contributed by atoms with Crippen molar-refractivity contribution in [2.45, 2.75) is 13.8 Å². The van der Waals surface area contributed by atoms with Crippen LogP contribution in [0.2, 0.25) is 0 Å². The summed E-state index contributed by atoms with van der Waals surface area (Å²) in [7, 11) is 1.81. The Morgan fingerprint density at radius 2 is 2.14 bits per heavy atom. The number of oxazole rings is 1. The van der Waals surface area contributed by atoms with Crippen LogP contribution in [-0.4, -0.2) is 14.8 Å². The molecule has 0 aromatic carbocycles. The van der Waals surface area contributed by atoms with E-state index in [0.29, 0.717) is 11.6 Å². The summed E-state index contributed by atoms with van der Waals surface area (Å²) in [4.78, 5) is 4.27. The first-order valence-electron chi connectivity index (χ1n) is 4.31. The fourth-order valence-electron chi connectivity index (χ4n) is 1.29. The van der Waals surface area contributed by atoms with Crippen LogP contribution in [0.4, 0.5) is 5.69 Å². The molecule has 74 valence electrons. The lowest BCUT2D eigenvalue weighted by Gasteiger charge is -1.96. The zero-order valence-corrected chi connectivity index (χ0v) is 8.40. The van der Waals surface area contributed by atoms with Gasteiger partial charge in [0.25, 0.3) is 0 Å². The van der Waals surface area contributed by atoms with Gasteiger partial charge in [0.1, 0.15) is 11.5 Å². The van der Waals surface area contributed by atoms with Gasteiger partial charge in [-0.05, 0) is 13.8 Å². The van der Waals surface area contributed by atoms with E-state index < -0.39 is 0 Å². The maximum Gasteiger partial charge on any atom is 0.247 e. The number of aromatic nitrogens is 3. The maximum atomic E-state index is 5.75. The fraction of sp³-hybridized carbons (Fsp3) is 0.333. The monoisotopic (exact) mass is 192 g/mol. The van der Waals surface area contributed by atoms with Crippen molar-refractivity contribution in [1.29, 1.82) is 0 Å². The van der Waals surface area contributed by atoms with Gasteiger partial charge in [0, 0.05) is 7.05 Å². The van der Waals surface area contributed by atoms with E-state index in [2.05, 4.69) is 10.1 Å². The van der Waals surface area contributed by atoms with Gasteiger partial charge in [-0.15, -0.1) is 0 Å². The van der Waals surface area contributed by atoms with E-state index >= 15 is 0 Å². The van der Waals surface area contributed by atoms with Crippen molar-refractivity contribution in [1.82, 2.24) is 14.8 Å². The summed E-state index contributed by atoms with van der Waals surface area (Å²) in [5, 5.41) is 4.02. The number of nitrogen functional groups attached to an aromatic ring is 1. The van der Waals surface area contributed by atoms with Crippen molar-refractivity contribution in [2.75, 3.05) is 5.73 Å². The van der Waals surface area contributed by atoms with Crippen LogP contribution in [0, 0.1) is 13.8 Å². The van der Waals surface area contributed by atoms with Crippen LogP contribution >= 0.6 is 0 Å². The Morgan fingerprint density at radius 1 is 1.43 bits per heavy atom. The van der Waals surface area contributed by atoms with Gasteiger partial charge in [0.15, 0.2) is 0 Å². The van der Waals surface area contributed by atoms with E-state index in [-0.39, 0.29) is 0 Å². The largest absolute Gasteiger partial charge is 0.440 e. The molecule has 2 aromatic heterocycles. The average Bonchev–Trinajstić information content (AvgIpc) is 2.59. The number of aryl methyl sites for hydroxylation is 3. The lowest BCUT2D eigenvalue weighted by atomic mass is 10.4. The Labute approximate surface area is 81.5 Å². The van der Waals surface area contributed by atoms with Gasteiger partial charge in [-0.3, -0.25) is 4.68 Å². The van der Waals surface area contributed by atoms with Gasteiger partial charge >= 0.3 is 0 Å². The van der Waals surface area contributed by atoms with Gasteiger partial charge < -0.3 is 10.2 Å². The van der Waals surface area contributed by atoms with Crippen molar-refractivity contribution >= 4 is 5.69 Å². The Kier molecular flexibility index (Phi) is 1.80. The van der Waals surface area contributed by atoms with Crippen molar-refractivity contribution in [3.8, 4) is 11.6 Å². The Bertz CT molecular complexity index is 430. The number of anilines is 1. The smallest absolute Gasteiger partial charge is 0.247 e. The van der Waals surface area contributed by atoms with Crippen LogP contribution < -0.4 is 5.73 Å². The van der Waals surface area contributed by atoms with E-state index in [0.717, 1.165) is 17.1 Å². The first-order chi connectivity index (χ1) is 6.59. The van der Waals surface area contributed by atoms with E-state index in [1.165, 1.54) is 0 Å². The molecule has 0 amide bonds. The molecule has 0 atom stereocenters. The zero-order chi connectivity index (χ0) is 10.3. The molecule has 2 N–H and O–H groups in total. The Balaban J connectivity index is 2.59. The molecule has 14 heavy (non-hydrogen) atoms. The molecule has 0 aliphatic rings. The Hall–Kier alpha value is -1.78. The summed E-state index contributed by atoms with van der Waals surface area (Å²) >= 11 is 0. The molecule has 2 heterocycles. The fourth-order valence-corrected chi connectivity index (χ4v) is 1.29. The molecule has 0 radical (unpaired) electrons. The predicted molar refractivity (Wildman–Crippen MR) is 52.6 cm³/mol. The summed E-state index contributed by atoms with van der Waals surface area (Å²) in [6.45, 7) is 3.77. The van der Waals surface area contributed by atoms with Gasteiger partial charge in [0.2, 0.25) is 5.89 Å². The topological polar surface area (TPSA) is 69.9 Å². The standard InChI is InChI=1S/C9H12N4O/c1-5-6(2)14-9(12-5)8-7(10)4-11-13(8)3/h4H,10H2,1-3H3. The highest BCUT2D eigenvalue weighted by Crippen LogP contribution is 2.25. The number of nitrogens with two attached hydrogens (primary N) is 1. The molecule has 2 rings (SSSR count). The molecule has 0 aliphatic carbocycles. The third-order valence-corrected chi connectivity index (χ3v) is 2.20. The number of rotatable bonds is 1. The molecule has 0 saturated heterocycles. The van der Waals surface area contributed by atoms with Crippen molar-refractivity contribution in [3.63, 3.8) is 0 Å². The van der Waals surface area contributed by atoms with Gasteiger partial charge in [0.05, 0.1) is 17.6 Å². The number of hydrogen-bond donors (Lipinski definition) is 1. The molecular formula is C9H12N4O. The summed E-state index contributed by atoms with van der Waals surface area (Å²) in [5.74, 6) is 1.33. The summed E-state index contributed by atoms with van der Waals surface area (Å²) in [6, 6.07) is 0. The van der Waals surface area contributed by atoms with E-state index in [1.54, 1.807) is 17.9 Å². The third-order valence-electron chi connectivity index (χ3n) is 2.20. The van der Waals surface area contributed by atoms with Crippen LogP contribution in [0.1, 0.15) is 11.5 Å². The molecule has 0 saturated carbocycles. The highest BCUT2D eigenvalue weighted by Gasteiger charge is 2.15. The minimum Gasteiger partial charge on any atom is -0.440 e. The minimum absolute atomic E-state index is 0.525. The molecule has 0 aliphatic heterocycles. The van der Waals surface area contributed by atoms with E-state index in [9.17, 15) is 0 Å². The first kappa shape index (κ1) is 8.80. The lowest BCUT2D eigenvalue weighted by Crippen LogP contribution is -1.95. The molecule has 0 unspecified atom stereocenters. The van der Waals surface area contributed by atoms with Gasteiger partial charge in [-0.1, -0.05) is 0 Å². The first-order valence-corrected chi connectivity index (χ1v) is 4.31. The second-order valence-electron chi connectivity index (χ2n) is 3.23. The van der Waals surface area contributed by atoms with E-state index in [1.807, 2.05) is 13.8 Å². The highest BCUT2D eigenvalue weighted by atomic mass is 16.4. The minimum atomic E-state index is 0.525. The quantitative estimate of drug-likeness (QED) is 0.738. The van der Waals surface area contributed by atoms with Gasteiger partial charge in [-0.25, -0.2) is 4.98 Å². The predicted octanol–water partition coefficient (Wildman–Crippen LogP) is 1.27. The van der Waals surface area contributed by atoms with Crippen LogP contribution in [-0.2, 0) is 7.05 Å². The lowest BCUT2D eigenvalue weighted by molar-refractivity contribution is 0.534. The van der Waals surface area contributed by atoms with Crippen molar-refractivity contribution < 1.29 is 4.42 Å². The summed E-state index contributed by atoms with van der Waals surface area (Å²) in [5.41, 5.74) is 7.93. The molecular weight excluding hydrogens is 180 g/mol. The second-order valence-corrected chi connectivity index (χ2v) is 3.23. The number of nitrogens with zero attached hydrogens (tertiary/aromatic N) is 3. The third kappa shape index (κ3) is 1.17. The molecule has 5 heteroatoms. The zero-order valence-electron chi connectivity index (χ0n) is 8.40. The van der Waals surface area contributed by atoms with Gasteiger partial charge in [-0.2, -0.15) is 5.10 Å². The summed E-state index contributed by atoms with van der Waals surface area (Å²) in [6.07, 6.45) is 1.59. The van der Waals surface area contributed by atoms with Crippen molar-refractivity contribution in [3.05, 3.63) is 17.7 Å². The number of hydrogen-bond acceptors (Lipinski definition) is 4. The molecule has 0 fully saturated rings. The Morgan fingerprint density at radius 3 is 2.57 bits per heavy atom. The van der Waals surface area contributed by atoms with Crippen LogP contribution in [0.5, 0.6) is 0 Å². The normalized spacial score (nSPS) is 10.8. The average molecular weight is 192 g/mol.